The van der Waals surface area contributed by atoms with Crippen molar-refractivity contribution in [3.8, 4) is 0 Å². The molecule has 1 amide bonds. The van der Waals surface area contributed by atoms with Gasteiger partial charge >= 0.3 is 0 Å². The third kappa shape index (κ3) is 3.30. The Hall–Kier alpha value is -0.900. The van der Waals surface area contributed by atoms with E-state index in [0.717, 1.165) is 23.7 Å². The molecule has 2 rings (SSSR count). The van der Waals surface area contributed by atoms with Crippen LogP contribution in [0.1, 0.15) is 37.3 Å². The fraction of sp³-hybridized carbons (Fsp3) is 0.636. The van der Waals surface area contributed by atoms with Crippen molar-refractivity contribution in [2.75, 3.05) is 5.32 Å². The maximum Gasteiger partial charge on any atom is 0.229 e. The first kappa shape index (κ1) is 12.2. The first-order valence-electron chi connectivity index (χ1n) is 5.41. The summed E-state index contributed by atoms with van der Waals surface area (Å²) in [6.45, 7) is 7.97. The van der Waals surface area contributed by atoms with Crippen molar-refractivity contribution in [3.63, 3.8) is 0 Å². The fourth-order valence-electron chi connectivity index (χ4n) is 1.08. The Morgan fingerprint density at radius 2 is 2.00 bits per heavy atom. The van der Waals surface area contributed by atoms with Gasteiger partial charge < -0.3 is 5.32 Å². The summed E-state index contributed by atoms with van der Waals surface area (Å²) >= 11 is 1.54. The summed E-state index contributed by atoms with van der Waals surface area (Å²) in [7, 11) is 0. The maximum atomic E-state index is 11.4. The summed E-state index contributed by atoms with van der Waals surface area (Å²) in [4.78, 5) is 16.8. The van der Waals surface area contributed by atoms with E-state index in [4.69, 9.17) is 0 Å². The molecule has 1 saturated carbocycles. The van der Waals surface area contributed by atoms with E-state index in [1.807, 2.05) is 27.7 Å². The minimum Gasteiger partial charge on any atom is -0.302 e. The molecule has 0 aromatic carbocycles. The molecule has 1 aromatic rings. The fourth-order valence-corrected chi connectivity index (χ4v) is 1.90. The van der Waals surface area contributed by atoms with Crippen molar-refractivity contribution in [1.29, 1.82) is 0 Å². The predicted molar refractivity (Wildman–Crippen MR) is 64.3 cm³/mol. The lowest BCUT2D eigenvalue weighted by molar-refractivity contribution is -0.117. The number of nitrogens with zero attached hydrogens (tertiary/aromatic N) is 1. The van der Waals surface area contributed by atoms with Crippen LogP contribution in [0.2, 0.25) is 0 Å². The molecule has 1 aliphatic carbocycles. The zero-order chi connectivity index (χ0) is 11.4. The molecule has 0 saturated heterocycles. The van der Waals surface area contributed by atoms with E-state index in [2.05, 4.69) is 10.3 Å². The molecular formula is C11H18N2OS. The quantitative estimate of drug-likeness (QED) is 0.841. The monoisotopic (exact) mass is 226 g/mol. The number of nitrogens with one attached hydrogen (secondary N) is 1. The Bertz CT molecular complexity index is 323. The molecule has 15 heavy (non-hydrogen) atoms. The zero-order valence-corrected chi connectivity index (χ0v) is 10.6. The van der Waals surface area contributed by atoms with Crippen LogP contribution in [0.5, 0.6) is 0 Å². The standard InChI is InChI=1S/C9H12N2OS.C2H6/c1-5-6(2)13-9(10-5)11-8(12)7-3-4-7;1-2/h7H,3-4H2,1-2H3,(H,10,11,12);1-2H3. The first-order chi connectivity index (χ1) is 7.16. The maximum absolute atomic E-state index is 11.4. The summed E-state index contributed by atoms with van der Waals surface area (Å²) in [5.41, 5.74) is 1.01. The van der Waals surface area contributed by atoms with Gasteiger partial charge in [0.05, 0.1) is 5.69 Å². The lowest BCUT2D eigenvalue weighted by Gasteiger charge is -1.96. The molecule has 0 aliphatic heterocycles. The lowest BCUT2D eigenvalue weighted by Crippen LogP contribution is -2.12. The van der Waals surface area contributed by atoms with Gasteiger partial charge in [-0.25, -0.2) is 4.98 Å². The number of amides is 1. The second-order valence-electron chi connectivity index (χ2n) is 3.42. The van der Waals surface area contributed by atoms with Crippen LogP contribution >= 0.6 is 11.3 Å². The number of rotatable bonds is 2. The van der Waals surface area contributed by atoms with Gasteiger partial charge in [-0.2, -0.15) is 0 Å². The summed E-state index contributed by atoms with van der Waals surface area (Å²) in [6.07, 6.45) is 2.07. The number of hydrogen-bond acceptors (Lipinski definition) is 3. The SMILES string of the molecule is CC.Cc1nc(NC(=O)C2CC2)sc1C. The van der Waals surface area contributed by atoms with Gasteiger partial charge in [0.25, 0.3) is 0 Å². The molecule has 0 spiro atoms. The number of aryl methyl sites for hydroxylation is 2. The molecule has 84 valence electrons. The molecule has 1 aliphatic rings. The second kappa shape index (κ2) is 5.26. The minimum absolute atomic E-state index is 0.133. The van der Waals surface area contributed by atoms with Crippen LogP contribution < -0.4 is 5.32 Å². The van der Waals surface area contributed by atoms with Crippen molar-refractivity contribution in [1.82, 2.24) is 4.98 Å². The van der Waals surface area contributed by atoms with E-state index < -0.39 is 0 Å². The van der Waals surface area contributed by atoms with Gasteiger partial charge in [0.15, 0.2) is 5.13 Å². The van der Waals surface area contributed by atoms with Gasteiger partial charge in [0, 0.05) is 10.8 Å². The Kier molecular flexibility index (Phi) is 4.27. The normalized spacial score (nSPS) is 14.1. The van der Waals surface area contributed by atoms with Crippen LogP contribution in [-0.2, 0) is 4.79 Å². The molecule has 1 fully saturated rings. The van der Waals surface area contributed by atoms with Gasteiger partial charge in [-0.1, -0.05) is 13.8 Å². The Balaban J connectivity index is 0.000000531. The van der Waals surface area contributed by atoms with Gasteiger partial charge in [0.2, 0.25) is 5.91 Å². The van der Waals surface area contributed by atoms with E-state index in [0.29, 0.717) is 0 Å². The third-order valence-corrected chi connectivity index (χ3v) is 3.20. The average molecular weight is 226 g/mol. The summed E-state index contributed by atoms with van der Waals surface area (Å²) < 4.78 is 0. The summed E-state index contributed by atoms with van der Waals surface area (Å²) in [6, 6.07) is 0. The van der Waals surface area contributed by atoms with E-state index in [1.54, 1.807) is 11.3 Å². The summed E-state index contributed by atoms with van der Waals surface area (Å²) in [5, 5.41) is 3.58. The van der Waals surface area contributed by atoms with Gasteiger partial charge in [-0.05, 0) is 26.7 Å². The van der Waals surface area contributed by atoms with E-state index >= 15 is 0 Å². The topological polar surface area (TPSA) is 42.0 Å². The molecule has 3 nitrogen and oxygen atoms in total. The highest BCUT2D eigenvalue weighted by molar-refractivity contribution is 7.15. The highest BCUT2D eigenvalue weighted by Crippen LogP contribution is 2.31. The van der Waals surface area contributed by atoms with Crippen molar-refractivity contribution in [3.05, 3.63) is 10.6 Å². The van der Waals surface area contributed by atoms with Crippen molar-refractivity contribution < 1.29 is 4.79 Å². The molecule has 0 unspecified atom stereocenters. The molecule has 0 atom stereocenters. The highest BCUT2D eigenvalue weighted by atomic mass is 32.1. The Morgan fingerprint density at radius 3 is 2.40 bits per heavy atom. The molecule has 0 radical (unpaired) electrons. The van der Waals surface area contributed by atoms with Crippen molar-refractivity contribution in [2.24, 2.45) is 5.92 Å². The number of anilines is 1. The first-order valence-corrected chi connectivity index (χ1v) is 6.23. The average Bonchev–Trinajstić information content (AvgIpc) is 2.99. The zero-order valence-electron chi connectivity index (χ0n) is 9.76. The predicted octanol–water partition coefficient (Wildman–Crippen LogP) is 3.13. The highest BCUT2D eigenvalue weighted by Gasteiger charge is 2.30. The Morgan fingerprint density at radius 1 is 1.40 bits per heavy atom. The molecular weight excluding hydrogens is 208 g/mol. The van der Waals surface area contributed by atoms with Crippen LogP contribution in [0.4, 0.5) is 5.13 Å². The smallest absolute Gasteiger partial charge is 0.229 e. The third-order valence-electron chi connectivity index (χ3n) is 2.21. The number of aromatic nitrogens is 1. The molecule has 1 aromatic heterocycles. The van der Waals surface area contributed by atoms with Gasteiger partial charge in [-0.3, -0.25) is 4.79 Å². The largest absolute Gasteiger partial charge is 0.302 e. The summed E-state index contributed by atoms with van der Waals surface area (Å²) in [5.74, 6) is 0.387. The number of carbonyl (C=O) groups excluding carboxylic acids is 1. The van der Waals surface area contributed by atoms with Crippen molar-refractivity contribution >= 4 is 22.4 Å². The van der Waals surface area contributed by atoms with Crippen LogP contribution in [0.25, 0.3) is 0 Å². The number of carbonyl (C=O) groups is 1. The Labute approximate surface area is 94.9 Å². The van der Waals surface area contributed by atoms with Crippen molar-refractivity contribution in [2.45, 2.75) is 40.5 Å². The van der Waals surface area contributed by atoms with Crippen LogP contribution in [0.3, 0.4) is 0 Å². The molecule has 4 heteroatoms. The van der Waals surface area contributed by atoms with Crippen LogP contribution in [0.15, 0.2) is 0 Å². The second-order valence-corrected chi connectivity index (χ2v) is 4.63. The number of thiazole rings is 1. The minimum atomic E-state index is 0.133. The molecule has 0 bridgehead atoms. The van der Waals surface area contributed by atoms with Gasteiger partial charge in [0.1, 0.15) is 0 Å². The van der Waals surface area contributed by atoms with E-state index in [1.165, 1.54) is 4.88 Å². The number of hydrogen-bond donors (Lipinski definition) is 1. The molecule has 1 heterocycles. The lowest BCUT2D eigenvalue weighted by atomic mass is 10.4. The van der Waals surface area contributed by atoms with E-state index in [-0.39, 0.29) is 11.8 Å². The van der Waals surface area contributed by atoms with Crippen LogP contribution in [0, 0.1) is 19.8 Å². The van der Waals surface area contributed by atoms with Gasteiger partial charge in [-0.15, -0.1) is 11.3 Å². The van der Waals surface area contributed by atoms with E-state index in [9.17, 15) is 4.79 Å². The molecule has 1 N–H and O–H groups in total. The van der Waals surface area contributed by atoms with Crippen LogP contribution in [-0.4, -0.2) is 10.9 Å².